The van der Waals surface area contributed by atoms with E-state index in [1.54, 1.807) is 0 Å². The Morgan fingerprint density at radius 2 is 0.529 bits per heavy atom. The maximum Gasteiger partial charge on any atom is 0.306 e. The van der Waals surface area contributed by atoms with Crippen LogP contribution >= 0.6 is 0 Å². The molecule has 0 amide bonds. The van der Waals surface area contributed by atoms with E-state index >= 15 is 0 Å². The molecule has 0 saturated carbocycles. The molecule has 0 aliphatic rings. The molecule has 0 rings (SSSR count). The maximum atomic E-state index is 12.7. The van der Waals surface area contributed by atoms with Crippen LogP contribution in [0.4, 0.5) is 0 Å². The molecule has 6 nitrogen and oxygen atoms in total. The Balaban J connectivity index is 4.30. The predicted molar refractivity (Wildman–Crippen MR) is 215 cm³/mol. The zero-order valence-electron chi connectivity index (χ0n) is 34.4. The van der Waals surface area contributed by atoms with Gasteiger partial charge < -0.3 is 14.2 Å². The average Bonchev–Trinajstić information content (AvgIpc) is 3.12. The molecule has 0 aliphatic heterocycles. The number of hydrogen-bond acceptors (Lipinski definition) is 6. The average molecular weight is 723 g/mol. The molecule has 302 valence electrons. The first-order chi connectivity index (χ1) is 25.0. The lowest BCUT2D eigenvalue weighted by Gasteiger charge is -2.18. The first-order valence-corrected chi connectivity index (χ1v) is 22.5. The number of carbonyl (C=O) groups excluding carboxylic acids is 3. The topological polar surface area (TPSA) is 78.9 Å². The molecule has 0 spiro atoms. The Morgan fingerprint density at radius 3 is 0.784 bits per heavy atom. The lowest BCUT2D eigenvalue weighted by Crippen LogP contribution is -2.30. The SMILES string of the molecule is CCCCCCCCCCCCCCCC(=O)OC[C@@H](COC(=O)CCCCCCCCCCC)OC(=O)CCCCCCCCCCCCC. The van der Waals surface area contributed by atoms with E-state index in [1.165, 1.54) is 154 Å². The van der Waals surface area contributed by atoms with Crippen LogP contribution in [0.1, 0.15) is 252 Å². The highest BCUT2D eigenvalue weighted by Crippen LogP contribution is 2.15. The molecule has 0 fully saturated rings. The Kier molecular flexibility index (Phi) is 39.9. The Hall–Kier alpha value is -1.59. The van der Waals surface area contributed by atoms with Crippen molar-refractivity contribution in [3.8, 4) is 0 Å². The molecule has 0 aromatic carbocycles. The highest BCUT2D eigenvalue weighted by molar-refractivity contribution is 5.71. The summed E-state index contributed by atoms with van der Waals surface area (Å²) in [6, 6.07) is 0. The van der Waals surface area contributed by atoms with Crippen LogP contribution in [0.5, 0.6) is 0 Å². The molecule has 0 bridgehead atoms. The van der Waals surface area contributed by atoms with Crippen LogP contribution < -0.4 is 0 Å². The van der Waals surface area contributed by atoms with Crippen LogP contribution in [0, 0.1) is 0 Å². The molecule has 0 aliphatic carbocycles. The minimum Gasteiger partial charge on any atom is -0.462 e. The second kappa shape index (κ2) is 41.2. The van der Waals surface area contributed by atoms with E-state index in [2.05, 4.69) is 20.8 Å². The molecule has 0 heterocycles. The van der Waals surface area contributed by atoms with Gasteiger partial charge >= 0.3 is 17.9 Å². The summed E-state index contributed by atoms with van der Waals surface area (Å²) in [7, 11) is 0. The molecular weight excluding hydrogens is 636 g/mol. The highest BCUT2D eigenvalue weighted by Gasteiger charge is 2.19. The molecule has 0 N–H and O–H groups in total. The maximum absolute atomic E-state index is 12.7. The van der Waals surface area contributed by atoms with Gasteiger partial charge in [0.05, 0.1) is 0 Å². The number of esters is 3. The van der Waals surface area contributed by atoms with Crippen molar-refractivity contribution in [1.29, 1.82) is 0 Å². The van der Waals surface area contributed by atoms with Gasteiger partial charge in [-0.25, -0.2) is 0 Å². The van der Waals surface area contributed by atoms with Gasteiger partial charge in [0.25, 0.3) is 0 Å². The summed E-state index contributed by atoms with van der Waals surface area (Å²) in [4.78, 5) is 37.6. The van der Waals surface area contributed by atoms with Crippen LogP contribution in [-0.2, 0) is 28.6 Å². The van der Waals surface area contributed by atoms with Gasteiger partial charge in [-0.15, -0.1) is 0 Å². The minimum absolute atomic E-state index is 0.0629. The summed E-state index contributed by atoms with van der Waals surface area (Å²) in [6.45, 7) is 6.62. The molecule has 0 aromatic heterocycles. The summed E-state index contributed by atoms with van der Waals surface area (Å²) in [5, 5.41) is 0. The van der Waals surface area contributed by atoms with Crippen molar-refractivity contribution in [3.05, 3.63) is 0 Å². The standard InChI is InChI=1S/C45H86O6/c1-4-7-10-13-16-19-21-22-24-26-29-32-35-38-44(47)50-41-42(40-49-43(46)37-34-31-28-25-18-15-12-9-6-3)51-45(48)39-36-33-30-27-23-20-17-14-11-8-5-2/h42H,4-41H2,1-3H3/t42-/m1/s1. The van der Waals surface area contributed by atoms with Crippen molar-refractivity contribution < 1.29 is 28.6 Å². The van der Waals surface area contributed by atoms with E-state index in [1.807, 2.05) is 0 Å². The molecule has 6 heteroatoms. The van der Waals surface area contributed by atoms with E-state index in [0.29, 0.717) is 19.3 Å². The summed E-state index contributed by atoms with van der Waals surface area (Å²) in [5.41, 5.74) is 0. The molecule has 0 unspecified atom stereocenters. The van der Waals surface area contributed by atoms with Crippen LogP contribution in [0.15, 0.2) is 0 Å². The highest BCUT2D eigenvalue weighted by atomic mass is 16.6. The predicted octanol–water partition coefficient (Wildman–Crippen LogP) is 14.1. The molecule has 1 atom stereocenters. The monoisotopic (exact) mass is 723 g/mol. The van der Waals surface area contributed by atoms with E-state index in [9.17, 15) is 14.4 Å². The third-order valence-electron chi connectivity index (χ3n) is 10.1. The van der Waals surface area contributed by atoms with Crippen LogP contribution in [0.2, 0.25) is 0 Å². The second-order valence-electron chi connectivity index (χ2n) is 15.3. The molecular formula is C45H86O6. The second-order valence-corrected chi connectivity index (χ2v) is 15.3. The van der Waals surface area contributed by atoms with Gasteiger partial charge in [0.2, 0.25) is 0 Å². The normalized spacial score (nSPS) is 11.8. The van der Waals surface area contributed by atoms with E-state index in [-0.39, 0.29) is 31.1 Å². The minimum atomic E-state index is -0.757. The van der Waals surface area contributed by atoms with Crippen molar-refractivity contribution in [1.82, 2.24) is 0 Å². The van der Waals surface area contributed by atoms with Gasteiger partial charge in [-0.1, -0.05) is 213 Å². The van der Waals surface area contributed by atoms with E-state index in [4.69, 9.17) is 14.2 Å². The van der Waals surface area contributed by atoms with E-state index in [0.717, 1.165) is 57.8 Å². The quantitative estimate of drug-likeness (QED) is 0.0355. The molecule has 51 heavy (non-hydrogen) atoms. The molecule has 0 aromatic rings. The summed E-state index contributed by atoms with van der Waals surface area (Å²) >= 11 is 0. The third kappa shape index (κ3) is 39.5. The van der Waals surface area contributed by atoms with Crippen LogP contribution in [0.25, 0.3) is 0 Å². The third-order valence-corrected chi connectivity index (χ3v) is 10.1. The summed E-state index contributed by atoms with van der Waals surface area (Å²) in [6.07, 6.45) is 40.8. The van der Waals surface area contributed by atoms with Crippen molar-refractivity contribution in [3.63, 3.8) is 0 Å². The first-order valence-electron chi connectivity index (χ1n) is 22.5. The summed E-state index contributed by atoms with van der Waals surface area (Å²) in [5.74, 6) is -0.855. The number of carbonyl (C=O) groups is 3. The fraction of sp³-hybridized carbons (Fsp3) is 0.933. The number of rotatable bonds is 41. The smallest absolute Gasteiger partial charge is 0.306 e. The first kappa shape index (κ1) is 49.4. The van der Waals surface area contributed by atoms with Gasteiger partial charge in [-0.3, -0.25) is 14.4 Å². The molecule has 0 saturated heterocycles. The van der Waals surface area contributed by atoms with Crippen molar-refractivity contribution in [2.24, 2.45) is 0 Å². The largest absolute Gasteiger partial charge is 0.462 e. The Labute approximate surface area is 317 Å². The van der Waals surface area contributed by atoms with Gasteiger partial charge in [0, 0.05) is 19.3 Å². The van der Waals surface area contributed by atoms with Gasteiger partial charge in [-0.05, 0) is 19.3 Å². The Morgan fingerprint density at radius 1 is 0.314 bits per heavy atom. The van der Waals surface area contributed by atoms with Gasteiger partial charge in [0.1, 0.15) is 13.2 Å². The number of ether oxygens (including phenoxy) is 3. The van der Waals surface area contributed by atoms with Crippen molar-refractivity contribution in [2.75, 3.05) is 13.2 Å². The Bertz CT molecular complexity index is 753. The van der Waals surface area contributed by atoms with Gasteiger partial charge in [0.15, 0.2) is 6.10 Å². The molecule has 0 radical (unpaired) electrons. The van der Waals surface area contributed by atoms with Crippen LogP contribution in [0.3, 0.4) is 0 Å². The zero-order chi connectivity index (χ0) is 37.3. The zero-order valence-corrected chi connectivity index (χ0v) is 34.4. The van der Waals surface area contributed by atoms with Gasteiger partial charge in [-0.2, -0.15) is 0 Å². The lowest BCUT2D eigenvalue weighted by molar-refractivity contribution is -0.167. The fourth-order valence-corrected chi connectivity index (χ4v) is 6.68. The number of hydrogen-bond donors (Lipinski definition) is 0. The van der Waals surface area contributed by atoms with Crippen LogP contribution in [-0.4, -0.2) is 37.2 Å². The van der Waals surface area contributed by atoms with E-state index < -0.39 is 6.10 Å². The summed E-state index contributed by atoms with van der Waals surface area (Å²) < 4.78 is 16.7. The lowest BCUT2D eigenvalue weighted by atomic mass is 10.0. The fourth-order valence-electron chi connectivity index (χ4n) is 6.68. The van der Waals surface area contributed by atoms with Crippen molar-refractivity contribution in [2.45, 2.75) is 258 Å². The number of unbranched alkanes of at least 4 members (excludes halogenated alkanes) is 30. The van der Waals surface area contributed by atoms with Crippen molar-refractivity contribution >= 4 is 17.9 Å².